The normalized spacial score (nSPS) is 33.1. The number of thioether (sulfide) groups is 1. The van der Waals surface area contributed by atoms with E-state index in [9.17, 15) is 4.79 Å². The Morgan fingerprint density at radius 1 is 1.24 bits per heavy atom. The fourth-order valence-electron chi connectivity index (χ4n) is 4.23. The second kappa shape index (κ2) is 5.05. The SMILES string of the molecule is CSc1ccc(C(=O)OC2CC3CCC2(C)C3(C)C)cc1. The first kappa shape index (κ1) is 15.0. The van der Waals surface area contributed by atoms with Gasteiger partial charge in [-0.05, 0) is 61.1 Å². The summed E-state index contributed by atoms with van der Waals surface area (Å²) in [6, 6.07) is 7.70. The molecule has 2 saturated carbocycles. The van der Waals surface area contributed by atoms with E-state index in [-0.39, 0.29) is 22.9 Å². The van der Waals surface area contributed by atoms with Gasteiger partial charge in [-0.3, -0.25) is 0 Å². The van der Waals surface area contributed by atoms with Crippen molar-refractivity contribution in [3.63, 3.8) is 0 Å². The number of esters is 1. The van der Waals surface area contributed by atoms with Crippen LogP contribution in [0.4, 0.5) is 0 Å². The molecule has 0 spiro atoms. The van der Waals surface area contributed by atoms with Crippen LogP contribution in [0.5, 0.6) is 0 Å². The van der Waals surface area contributed by atoms with Crippen molar-refractivity contribution in [2.75, 3.05) is 6.26 Å². The van der Waals surface area contributed by atoms with Crippen LogP contribution in [0, 0.1) is 16.7 Å². The highest BCUT2D eigenvalue weighted by atomic mass is 32.2. The molecule has 0 saturated heterocycles. The van der Waals surface area contributed by atoms with E-state index in [4.69, 9.17) is 4.74 Å². The van der Waals surface area contributed by atoms with Crippen molar-refractivity contribution in [3.05, 3.63) is 29.8 Å². The lowest BCUT2D eigenvalue weighted by atomic mass is 9.70. The topological polar surface area (TPSA) is 26.3 Å². The number of hydrogen-bond donors (Lipinski definition) is 0. The van der Waals surface area contributed by atoms with E-state index in [2.05, 4.69) is 20.8 Å². The Bertz CT molecular complexity index is 549. The second-order valence-electron chi connectivity index (χ2n) is 7.23. The number of fused-ring (bicyclic) bond motifs is 2. The zero-order valence-electron chi connectivity index (χ0n) is 13.3. The fraction of sp³-hybridized carbons (Fsp3) is 0.611. The van der Waals surface area contributed by atoms with E-state index in [0.717, 1.165) is 6.42 Å². The molecule has 0 aliphatic heterocycles. The standard InChI is InChI=1S/C18H24O2S/c1-17(2)13-9-10-18(17,3)15(11-13)20-16(19)12-5-7-14(21-4)8-6-12/h5-8,13,15H,9-11H2,1-4H3. The molecule has 0 aromatic heterocycles. The average molecular weight is 304 g/mol. The summed E-state index contributed by atoms with van der Waals surface area (Å²) in [7, 11) is 0. The van der Waals surface area contributed by atoms with Gasteiger partial charge in [-0.15, -0.1) is 11.8 Å². The van der Waals surface area contributed by atoms with Gasteiger partial charge in [0.05, 0.1) is 5.56 Å². The Labute approximate surface area is 131 Å². The summed E-state index contributed by atoms with van der Waals surface area (Å²) in [5.41, 5.74) is 1.07. The summed E-state index contributed by atoms with van der Waals surface area (Å²) in [6.07, 6.45) is 5.58. The molecule has 3 atom stereocenters. The third kappa shape index (κ3) is 2.21. The maximum absolute atomic E-state index is 12.4. The first-order valence-corrected chi connectivity index (χ1v) is 8.96. The van der Waals surface area contributed by atoms with Gasteiger partial charge in [0.1, 0.15) is 6.10 Å². The van der Waals surface area contributed by atoms with Crippen LogP contribution < -0.4 is 0 Å². The summed E-state index contributed by atoms with van der Waals surface area (Å²) < 4.78 is 5.90. The van der Waals surface area contributed by atoms with Crippen LogP contribution in [0.2, 0.25) is 0 Å². The molecule has 1 aromatic carbocycles. The van der Waals surface area contributed by atoms with E-state index in [1.807, 2.05) is 30.5 Å². The van der Waals surface area contributed by atoms with Crippen molar-refractivity contribution in [2.24, 2.45) is 16.7 Å². The molecule has 3 heteroatoms. The Balaban J connectivity index is 1.74. The molecular weight excluding hydrogens is 280 g/mol. The van der Waals surface area contributed by atoms with Crippen LogP contribution in [-0.2, 0) is 4.74 Å². The van der Waals surface area contributed by atoms with Crippen LogP contribution in [0.3, 0.4) is 0 Å². The lowest BCUT2D eigenvalue weighted by Crippen LogP contribution is -2.38. The smallest absolute Gasteiger partial charge is 0.338 e. The van der Waals surface area contributed by atoms with Gasteiger partial charge in [0.2, 0.25) is 0 Å². The van der Waals surface area contributed by atoms with Gasteiger partial charge in [0, 0.05) is 10.3 Å². The molecule has 0 N–H and O–H groups in total. The highest BCUT2D eigenvalue weighted by Gasteiger charge is 2.62. The zero-order chi connectivity index (χ0) is 15.3. The van der Waals surface area contributed by atoms with Crippen molar-refractivity contribution in [3.8, 4) is 0 Å². The minimum Gasteiger partial charge on any atom is -0.458 e. The number of carbonyl (C=O) groups excluding carboxylic acids is 1. The van der Waals surface area contributed by atoms with Crippen molar-refractivity contribution in [1.29, 1.82) is 0 Å². The van der Waals surface area contributed by atoms with Gasteiger partial charge in [0.15, 0.2) is 0 Å². The second-order valence-corrected chi connectivity index (χ2v) is 8.11. The molecule has 0 amide bonds. The number of rotatable bonds is 3. The predicted octanol–water partition coefficient (Wildman–Crippen LogP) is 4.78. The molecule has 2 nitrogen and oxygen atoms in total. The zero-order valence-corrected chi connectivity index (χ0v) is 14.1. The van der Waals surface area contributed by atoms with Gasteiger partial charge in [-0.25, -0.2) is 4.79 Å². The van der Waals surface area contributed by atoms with E-state index in [1.165, 1.54) is 17.7 Å². The van der Waals surface area contributed by atoms with Crippen molar-refractivity contribution >= 4 is 17.7 Å². The summed E-state index contributed by atoms with van der Waals surface area (Å²) >= 11 is 1.68. The lowest BCUT2D eigenvalue weighted by molar-refractivity contribution is -0.0242. The largest absolute Gasteiger partial charge is 0.458 e. The Hall–Kier alpha value is -0.960. The molecule has 3 unspecified atom stereocenters. The van der Waals surface area contributed by atoms with Crippen LogP contribution in [0.15, 0.2) is 29.2 Å². The molecule has 0 heterocycles. The van der Waals surface area contributed by atoms with Crippen LogP contribution in [0.1, 0.15) is 50.4 Å². The highest BCUT2D eigenvalue weighted by Crippen LogP contribution is 2.66. The Morgan fingerprint density at radius 2 is 1.90 bits per heavy atom. The van der Waals surface area contributed by atoms with Crippen molar-refractivity contribution < 1.29 is 9.53 Å². The van der Waals surface area contributed by atoms with E-state index >= 15 is 0 Å². The first-order chi connectivity index (χ1) is 9.88. The van der Waals surface area contributed by atoms with E-state index < -0.39 is 0 Å². The van der Waals surface area contributed by atoms with Crippen molar-refractivity contribution in [1.82, 2.24) is 0 Å². The first-order valence-electron chi connectivity index (χ1n) is 7.73. The quantitative estimate of drug-likeness (QED) is 0.594. The third-order valence-electron chi connectivity index (χ3n) is 6.29. The Kier molecular flexibility index (Phi) is 3.59. The maximum atomic E-state index is 12.4. The van der Waals surface area contributed by atoms with Crippen LogP contribution in [0.25, 0.3) is 0 Å². The average Bonchev–Trinajstić information content (AvgIpc) is 2.80. The molecule has 2 aliphatic carbocycles. The molecule has 1 aromatic rings. The maximum Gasteiger partial charge on any atom is 0.338 e. The fourth-order valence-corrected chi connectivity index (χ4v) is 4.64. The number of benzene rings is 1. The molecular formula is C18H24O2S. The van der Waals surface area contributed by atoms with Gasteiger partial charge >= 0.3 is 5.97 Å². The number of hydrogen-bond acceptors (Lipinski definition) is 3. The predicted molar refractivity (Wildman–Crippen MR) is 86.7 cm³/mol. The lowest BCUT2D eigenvalue weighted by Gasteiger charge is -2.38. The molecule has 2 bridgehead atoms. The monoisotopic (exact) mass is 304 g/mol. The molecule has 2 fully saturated rings. The van der Waals surface area contributed by atoms with E-state index in [1.54, 1.807) is 11.8 Å². The van der Waals surface area contributed by atoms with Gasteiger partial charge in [-0.2, -0.15) is 0 Å². The minimum absolute atomic E-state index is 0.0685. The summed E-state index contributed by atoms with van der Waals surface area (Å²) in [5, 5.41) is 0. The summed E-state index contributed by atoms with van der Waals surface area (Å²) in [5.74, 6) is 0.524. The summed E-state index contributed by atoms with van der Waals surface area (Å²) in [4.78, 5) is 13.6. The third-order valence-corrected chi connectivity index (χ3v) is 7.03. The number of carbonyl (C=O) groups is 1. The Morgan fingerprint density at radius 3 is 2.38 bits per heavy atom. The molecule has 114 valence electrons. The van der Waals surface area contributed by atoms with E-state index in [0.29, 0.717) is 11.5 Å². The number of ether oxygens (including phenoxy) is 1. The highest BCUT2D eigenvalue weighted by molar-refractivity contribution is 7.98. The van der Waals surface area contributed by atoms with Gasteiger partial charge in [0.25, 0.3) is 0 Å². The van der Waals surface area contributed by atoms with Crippen LogP contribution in [-0.4, -0.2) is 18.3 Å². The molecule has 21 heavy (non-hydrogen) atoms. The molecule has 0 radical (unpaired) electrons. The summed E-state index contributed by atoms with van der Waals surface area (Å²) in [6.45, 7) is 6.98. The minimum atomic E-state index is -0.169. The molecule has 3 rings (SSSR count). The van der Waals surface area contributed by atoms with Crippen LogP contribution >= 0.6 is 11.8 Å². The van der Waals surface area contributed by atoms with Crippen molar-refractivity contribution in [2.45, 2.75) is 51.0 Å². The van der Waals surface area contributed by atoms with Gasteiger partial charge in [-0.1, -0.05) is 20.8 Å². The van der Waals surface area contributed by atoms with Gasteiger partial charge < -0.3 is 4.74 Å². The molecule has 2 aliphatic rings.